The summed E-state index contributed by atoms with van der Waals surface area (Å²) in [6, 6.07) is 7.35. The number of anilines is 1. The Balaban J connectivity index is 2.04. The Labute approximate surface area is 106 Å². The van der Waals surface area contributed by atoms with Gasteiger partial charge < -0.3 is 5.73 Å². The van der Waals surface area contributed by atoms with Gasteiger partial charge in [0.15, 0.2) is 5.78 Å². The Kier molecular flexibility index (Phi) is 3.46. The van der Waals surface area contributed by atoms with Crippen molar-refractivity contribution in [2.45, 2.75) is 19.8 Å². The zero-order valence-corrected chi connectivity index (χ0v) is 10.7. The number of carbonyl (C=O) groups excluding carboxylic acids is 1. The lowest BCUT2D eigenvalue weighted by atomic mass is 10.0. The van der Waals surface area contributed by atoms with Gasteiger partial charge in [-0.05, 0) is 43.2 Å². The van der Waals surface area contributed by atoms with Gasteiger partial charge in [0.1, 0.15) is 0 Å². The van der Waals surface area contributed by atoms with Gasteiger partial charge in [-0.25, -0.2) is 0 Å². The molecule has 1 aromatic carbocycles. The number of hydrogen-bond donors (Lipinski definition) is 1. The van der Waals surface area contributed by atoms with E-state index in [1.165, 1.54) is 0 Å². The van der Waals surface area contributed by atoms with Crippen LogP contribution < -0.4 is 5.73 Å². The van der Waals surface area contributed by atoms with Gasteiger partial charge in [-0.2, -0.15) is 5.10 Å². The minimum atomic E-state index is 0.138. The second-order valence-electron chi connectivity index (χ2n) is 4.44. The van der Waals surface area contributed by atoms with Gasteiger partial charge in [0.25, 0.3) is 0 Å². The number of nitrogens with zero attached hydrogens (tertiary/aromatic N) is 2. The predicted octanol–water partition coefficient (Wildman–Crippen LogP) is 2.13. The molecular formula is C14H17N3O. The first-order valence-electron chi connectivity index (χ1n) is 5.94. The van der Waals surface area contributed by atoms with Gasteiger partial charge in [0, 0.05) is 36.6 Å². The highest BCUT2D eigenvalue weighted by Gasteiger charge is 2.08. The Morgan fingerprint density at radius 1 is 1.39 bits per heavy atom. The molecule has 0 aliphatic carbocycles. The highest BCUT2D eigenvalue weighted by molar-refractivity contribution is 5.96. The summed E-state index contributed by atoms with van der Waals surface area (Å²) >= 11 is 0. The van der Waals surface area contributed by atoms with E-state index in [1.54, 1.807) is 23.0 Å². The first-order valence-corrected chi connectivity index (χ1v) is 5.94. The molecule has 0 aliphatic heterocycles. The second-order valence-corrected chi connectivity index (χ2v) is 4.44. The summed E-state index contributed by atoms with van der Waals surface area (Å²) in [6.45, 7) is 1.91. The maximum absolute atomic E-state index is 12.0. The molecule has 0 bridgehead atoms. The topological polar surface area (TPSA) is 60.9 Å². The second kappa shape index (κ2) is 5.04. The summed E-state index contributed by atoms with van der Waals surface area (Å²) in [5.41, 5.74) is 9.19. The Hall–Kier alpha value is -2.10. The molecule has 1 aromatic heterocycles. The largest absolute Gasteiger partial charge is 0.399 e. The molecule has 0 unspecified atom stereocenters. The summed E-state index contributed by atoms with van der Waals surface area (Å²) in [5, 5.41) is 4.08. The summed E-state index contributed by atoms with van der Waals surface area (Å²) in [4.78, 5) is 12.0. The maximum atomic E-state index is 12.0. The molecule has 0 fully saturated rings. The highest BCUT2D eigenvalue weighted by atomic mass is 16.1. The number of aryl methyl sites for hydroxylation is 3. The zero-order chi connectivity index (χ0) is 13.1. The van der Waals surface area contributed by atoms with Crippen molar-refractivity contribution in [1.82, 2.24) is 9.78 Å². The van der Waals surface area contributed by atoms with E-state index in [0.717, 1.165) is 22.5 Å². The van der Waals surface area contributed by atoms with E-state index < -0.39 is 0 Å². The van der Waals surface area contributed by atoms with Crippen LogP contribution in [-0.2, 0) is 13.5 Å². The molecular weight excluding hydrogens is 226 g/mol. The van der Waals surface area contributed by atoms with Crippen molar-refractivity contribution in [3.05, 3.63) is 47.3 Å². The number of hydrogen-bond acceptors (Lipinski definition) is 3. The smallest absolute Gasteiger partial charge is 0.163 e. The Morgan fingerprint density at radius 2 is 2.17 bits per heavy atom. The maximum Gasteiger partial charge on any atom is 0.163 e. The van der Waals surface area contributed by atoms with E-state index in [1.807, 2.05) is 26.1 Å². The lowest BCUT2D eigenvalue weighted by Gasteiger charge is -2.05. The van der Waals surface area contributed by atoms with Crippen molar-refractivity contribution >= 4 is 11.5 Å². The van der Waals surface area contributed by atoms with Crippen LogP contribution in [0, 0.1) is 6.92 Å². The van der Waals surface area contributed by atoms with Crippen LogP contribution in [0.25, 0.3) is 0 Å². The zero-order valence-electron chi connectivity index (χ0n) is 10.7. The van der Waals surface area contributed by atoms with Crippen LogP contribution in [0.5, 0.6) is 0 Å². The van der Waals surface area contributed by atoms with Crippen molar-refractivity contribution in [1.29, 1.82) is 0 Å². The number of nitrogens with two attached hydrogens (primary N) is 1. The summed E-state index contributed by atoms with van der Waals surface area (Å²) in [6.07, 6.45) is 2.94. The van der Waals surface area contributed by atoms with Gasteiger partial charge in [0.2, 0.25) is 0 Å². The van der Waals surface area contributed by atoms with Gasteiger partial charge >= 0.3 is 0 Å². The number of aromatic nitrogens is 2. The molecule has 94 valence electrons. The van der Waals surface area contributed by atoms with E-state index in [0.29, 0.717) is 12.8 Å². The van der Waals surface area contributed by atoms with Crippen molar-refractivity contribution in [2.75, 3.05) is 5.73 Å². The third-order valence-electron chi connectivity index (χ3n) is 3.12. The van der Waals surface area contributed by atoms with Crippen LogP contribution in [0.3, 0.4) is 0 Å². The molecule has 1 heterocycles. The van der Waals surface area contributed by atoms with Crippen LogP contribution in [0.2, 0.25) is 0 Å². The molecule has 0 saturated heterocycles. The van der Waals surface area contributed by atoms with Crippen molar-refractivity contribution in [3.8, 4) is 0 Å². The van der Waals surface area contributed by atoms with Crippen LogP contribution in [0.4, 0.5) is 5.69 Å². The predicted molar refractivity (Wildman–Crippen MR) is 71.5 cm³/mol. The third-order valence-corrected chi connectivity index (χ3v) is 3.12. The summed E-state index contributed by atoms with van der Waals surface area (Å²) in [7, 11) is 1.88. The Morgan fingerprint density at radius 3 is 2.78 bits per heavy atom. The third kappa shape index (κ3) is 2.59. The highest BCUT2D eigenvalue weighted by Crippen LogP contribution is 2.15. The summed E-state index contributed by atoms with van der Waals surface area (Å²) < 4.78 is 1.79. The van der Waals surface area contributed by atoms with Crippen molar-refractivity contribution in [2.24, 2.45) is 7.05 Å². The number of carbonyl (C=O) groups is 1. The minimum absolute atomic E-state index is 0.138. The fourth-order valence-electron chi connectivity index (χ4n) is 1.88. The molecule has 18 heavy (non-hydrogen) atoms. The van der Waals surface area contributed by atoms with E-state index in [4.69, 9.17) is 5.73 Å². The van der Waals surface area contributed by atoms with E-state index in [-0.39, 0.29) is 5.78 Å². The van der Waals surface area contributed by atoms with Gasteiger partial charge in [-0.1, -0.05) is 0 Å². The Bertz CT molecular complexity index is 572. The van der Waals surface area contributed by atoms with Crippen molar-refractivity contribution in [3.63, 3.8) is 0 Å². The molecule has 4 nitrogen and oxygen atoms in total. The molecule has 2 aromatic rings. The molecule has 0 amide bonds. The molecule has 0 spiro atoms. The monoisotopic (exact) mass is 243 g/mol. The quantitative estimate of drug-likeness (QED) is 0.661. The van der Waals surface area contributed by atoms with Crippen LogP contribution >= 0.6 is 0 Å². The number of ketones is 1. The average Bonchev–Trinajstić information content (AvgIpc) is 2.75. The van der Waals surface area contributed by atoms with Crippen LogP contribution in [-0.4, -0.2) is 15.6 Å². The first kappa shape index (κ1) is 12.4. The molecule has 0 aliphatic rings. The molecule has 2 rings (SSSR count). The standard InChI is InChI=1S/C14H17N3O/c1-10-9-11(3-5-13(10)15)14(18)6-4-12-7-8-16-17(12)2/h3,5,7-9H,4,6,15H2,1-2H3. The number of benzene rings is 1. The first-order chi connectivity index (χ1) is 8.58. The molecule has 0 atom stereocenters. The summed E-state index contributed by atoms with van der Waals surface area (Å²) in [5.74, 6) is 0.138. The van der Waals surface area contributed by atoms with Crippen LogP contribution in [0.1, 0.15) is 28.0 Å². The van der Waals surface area contributed by atoms with Gasteiger partial charge in [-0.3, -0.25) is 9.48 Å². The normalized spacial score (nSPS) is 10.6. The number of Topliss-reactive ketones (excluding diaryl/α,β-unsaturated/α-hetero) is 1. The van der Waals surface area contributed by atoms with Crippen molar-refractivity contribution < 1.29 is 4.79 Å². The van der Waals surface area contributed by atoms with E-state index >= 15 is 0 Å². The average molecular weight is 243 g/mol. The molecule has 2 N–H and O–H groups in total. The molecule has 4 heteroatoms. The minimum Gasteiger partial charge on any atom is -0.399 e. The number of rotatable bonds is 4. The van der Waals surface area contributed by atoms with E-state index in [9.17, 15) is 4.79 Å². The van der Waals surface area contributed by atoms with E-state index in [2.05, 4.69) is 5.10 Å². The fraction of sp³-hybridized carbons (Fsp3) is 0.286. The molecule has 0 saturated carbocycles. The van der Waals surface area contributed by atoms with Gasteiger partial charge in [-0.15, -0.1) is 0 Å². The lowest BCUT2D eigenvalue weighted by Crippen LogP contribution is -2.05. The SMILES string of the molecule is Cc1cc(C(=O)CCc2ccnn2C)ccc1N. The number of nitrogen functional groups attached to an aromatic ring is 1. The van der Waals surface area contributed by atoms with Gasteiger partial charge in [0.05, 0.1) is 0 Å². The van der Waals surface area contributed by atoms with Crippen LogP contribution in [0.15, 0.2) is 30.5 Å². The fourth-order valence-corrected chi connectivity index (χ4v) is 1.88. The lowest BCUT2D eigenvalue weighted by molar-refractivity contribution is 0.0982. The molecule has 0 radical (unpaired) electrons.